The molecule has 7 heteroatoms. The Kier molecular flexibility index (Phi) is 4.98. The van der Waals surface area contributed by atoms with Crippen LogP contribution in [0.5, 0.6) is 0 Å². The molecule has 1 saturated heterocycles. The Morgan fingerprint density at radius 3 is 3.04 bits per heavy atom. The van der Waals surface area contributed by atoms with Gasteiger partial charge in [0.25, 0.3) is 0 Å². The smallest absolute Gasteiger partial charge is 0.317 e. The second-order valence-electron chi connectivity index (χ2n) is 6.17. The van der Waals surface area contributed by atoms with E-state index < -0.39 is 0 Å². The van der Waals surface area contributed by atoms with Crippen LogP contribution in [0.4, 0.5) is 4.79 Å². The van der Waals surface area contributed by atoms with E-state index in [1.807, 2.05) is 35.0 Å². The minimum absolute atomic E-state index is 0.0471. The van der Waals surface area contributed by atoms with Gasteiger partial charge in [-0.3, -0.25) is 4.79 Å². The van der Waals surface area contributed by atoms with E-state index in [4.69, 9.17) is 0 Å². The summed E-state index contributed by atoms with van der Waals surface area (Å²) in [6.45, 7) is 3.36. The van der Waals surface area contributed by atoms with Crippen molar-refractivity contribution < 1.29 is 9.59 Å². The molecule has 3 amide bonds. The molecule has 0 saturated carbocycles. The standard InChI is InChI=1S/C17H23N5O2/c1-13(23)19-14-5-4-10-22(12-14)17(24)18-8-7-15-11-21-9-3-2-6-16(21)20-15/h2-3,6,9,11,14H,4-5,7-8,10,12H2,1H3,(H,18,24)(H,19,23). The molecule has 1 atom stereocenters. The normalized spacial score (nSPS) is 17.7. The van der Waals surface area contributed by atoms with Gasteiger partial charge in [-0.15, -0.1) is 0 Å². The molecule has 2 N–H and O–H groups in total. The topological polar surface area (TPSA) is 78.7 Å². The van der Waals surface area contributed by atoms with Gasteiger partial charge in [-0.1, -0.05) is 6.07 Å². The summed E-state index contributed by atoms with van der Waals surface area (Å²) in [6.07, 6.45) is 6.46. The predicted molar refractivity (Wildman–Crippen MR) is 90.7 cm³/mol. The molecule has 2 aromatic heterocycles. The summed E-state index contributed by atoms with van der Waals surface area (Å²) in [6, 6.07) is 5.85. The number of imidazole rings is 1. The van der Waals surface area contributed by atoms with Crippen molar-refractivity contribution in [1.29, 1.82) is 0 Å². The number of piperidine rings is 1. The molecule has 24 heavy (non-hydrogen) atoms. The third-order valence-electron chi connectivity index (χ3n) is 4.19. The van der Waals surface area contributed by atoms with Crippen LogP contribution in [-0.2, 0) is 11.2 Å². The SMILES string of the molecule is CC(=O)NC1CCCN(C(=O)NCCc2cn3ccccc3n2)C1. The van der Waals surface area contributed by atoms with Crippen molar-refractivity contribution in [1.82, 2.24) is 24.9 Å². The summed E-state index contributed by atoms with van der Waals surface area (Å²) >= 11 is 0. The average Bonchev–Trinajstić information content (AvgIpc) is 2.97. The summed E-state index contributed by atoms with van der Waals surface area (Å²) in [5.41, 5.74) is 1.87. The van der Waals surface area contributed by atoms with Gasteiger partial charge in [0.15, 0.2) is 0 Å². The van der Waals surface area contributed by atoms with Crippen LogP contribution in [0.3, 0.4) is 0 Å². The molecule has 0 bridgehead atoms. The number of hydrogen-bond donors (Lipinski definition) is 2. The Morgan fingerprint density at radius 2 is 2.25 bits per heavy atom. The molecule has 0 aliphatic carbocycles. The minimum Gasteiger partial charge on any atom is -0.352 e. The van der Waals surface area contributed by atoms with Gasteiger partial charge in [-0.05, 0) is 25.0 Å². The Hall–Kier alpha value is -2.57. The lowest BCUT2D eigenvalue weighted by Crippen LogP contribution is -2.52. The van der Waals surface area contributed by atoms with Crippen LogP contribution in [0.2, 0.25) is 0 Å². The minimum atomic E-state index is -0.0752. The molecule has 0 aromatic carbocycles. The van der Waals surface area contributed by atoms with E-state index in [1.54, 1.807) is 4.90 Å². The number of urea groups is 1. The van der Waals surface area contributed by atoms with Crippen molar-refractivity contribution in [2.24, 2.45) is 0 Å². The third kappa shape index (κ3) is 4.04. The van der Waals surface area contributed by atoms with Crippen LogP contribution in [0.1, 0.15) is 25.5 Å². The van der Waals surface area contributed by atoms with Crippen LogP contribution < -0.4 is 10.6 Å². The van der Waals surface area contributed by atoms with Crippen LogP contribution in [0.25, 0.3) is 5.65 Å². The number of nitrogens with one attached hydrogen (secondary N) is 2. The van der Waals surface area contributed by atoms with E-state index >= 15 is 0 Å². The highest BCUT2D eigenvalue weighted by molar-refractivity contribution is 5.75. The van der Waals surface area contributed by atoms with E-state index in [2.05, 4.69) is 15.6 Å². The Labute approximate surface area is 141 Å². The number of pyridine rings is 1. The second kappa shape index (κ2) is 7.33. The first kappa shape index (κ1) is 16.3. The molecular formula is C17H23N5O2. The number of hydrogen-bond acceptors (Lipinski definition) is 3. The molecule has 3 heterocycles. The third-order valence-corrected chi connectivity index (χ3v) is 4.19. The lowest BCUT2D eigenvalue weighted by Gasteiger charge is -2.33. The monoisotopic (exact) mass is 329 g/mol. The molecule has 1 fully saturated rings. The maximum absolute atomic E-state index is 12.3. The number of aromatic nitrogens is 2. The summed E-state index contributed by atoms with van der Waals surface area (Å²) in [4.78, 5) is 29.7. The first-order chi connectivity index (χ1) is 11.6. The van der Waals surface area contributed by atoms with Crippen LogP contribution >= 0.6 is 0 Å². The highest BCUT2D eigenvalue weighted by Crippen LogP contribution is 2.10. The number of carbonyl (C=O) groups excluding carboxylic acids is 2. The van der Waals surface area contributed by atoms with E-state index in [9.17, 15) is 9.59 Å². The molecule has 128 valence electrons. The van der Waals surface area contributed by atoms with Crippen molar-refractivity contribution in [3.05, 3.63) is 36.3 Å². The summed E-state index contributed by atoms with van der Waals surface area (Å²) in [7, 11) is 0. The first-order valence-corrected chi connectivity index (χ1v) is 8.34. The Morgan fingerprint density at radius 1 is 1.38 bits per heavy atom. The zero-order valence-corrected chi connectivity index (χ0v) is 13.9. The molecule has 0 spiro atoms. The van der Waals surface area contributed by atoms with Crippen LogP contribution in [0.15, 0.2) is 30.6 Å². The molecule has 7 nitrogen and oxygen atoms in total. The van der Waals surface area contributed by atoms with Crippen LogP contribution in [-0.4, -0.2) is 51.9 Å². The summed E-state index contributed by atoms with van der Waals surface area (Å²) in [5.74, 6) is -0.0471. The fourth-order valence-electron chi connectivity index (χ4n) is 3.08. The lowest BCUT2D eigenvalue weighted by atomic mass is 10.1. The zero-order valence-electron chi connectivity index (χ0n) is 13.9. The van der Waals surface area contributed by atoms with E-state index in [-0.39, 0.29) is 18.0 Å². The first-order valence-electron chi connectivity index (χ1n) is 8.34. The highest BCUT2D eigenvalue weighted by Gasteiger charge is 2.23. The zero-order chi connectivity index (χ0) is 16.9. The van der Waals surface area contributed by atoms with E-state index in [0.29, 0.717) is 19.5 Å². The van der Waals surface area contributed by atoms with Crippen molar-refractivity contribution in [3.8, 4) is 0 Å². The van der Waals surface area contributed by atoms with Gasteiger partial charge in [-0.25, -0.2) is 9.78 Å². The van der Waals surface area contributed by atoms with Gasteiger partial charge >= 0.3 is 6.03 Å². The summed E-state index contributed by atoms with van der Waals surface area (Å²) < 4.78 is 1.97. The van der Waals surface area contributed by atoms with Gasteiger partial charge in [0, 0.05) is 51.4 Å². The van der Waals surface area contributed by atoms with E-state index in [1.165, 1.54) is 6.92 Å². The van der Waals surface area contributed by atoms with Gasteiger partial charge in [0.2, 0.25) is 5.91 Å². The molecule has 1 unspecified atom stereocenters. The lowest BCUT2D eigenvalue weighted by molar-refractivity contribution is -0.119. The predicted octanol–water partition coefficient (Wildman–Crippen LogP) is 1.19. The molecule has 3 rings (SSSR count). The molecule has 1 aliphatic heterocycles. The number of likely N-dealkylation sites (tertiary alicyclic amines) is 1. The highest BCUT2D eigenvalue weighted by atomic mass is 16.2. The average molecular weight is 329 g/mol. The molecule has 1 aliphatic rings. The number of amides is 3. The number of rotatable bonds is 4. The van der Waals surface area contributed by atoms with Crippen molar-refractivity contribution in [2.45, 2.75) is 32.2 Å². The quantitative estimate of drug-likeness (QED) is 0.884. The largest absolute Gasteiger partial charge is 0.352 e. The van der Waals surface area contributed by atoms with Crippen molar-refractivity contribution in [2.75, 3.05) is 19.6 Å². The number of fused-ring (bicyclic) bond motifs is 1. The van der Waals surface area contributed by atoms with Crippen molar-refractivity contribution in [3.63, 3.8) is 0 Å². The van der Waals surface area contributed by atoms with Crippen LogP contribution in [0, 0.1) is 0 Å². The molecule has 0 radical (unpaired) electrons. The molecular weight excluding hydrogens is 306 g/mol. The molecule has 2 aromatic rings. The Bertz CT molecular complexity index is 694. The summed E-state index contributed by atoms with van der Waals surface area (Å²) in [5, 5.41) is 5.83. The fraction of sp³-hybridized carbons (Fsp3) is 0.471. The fourth-order valence-corrected chi connectivity index (χ4v) is 3.08. The Balaban J connectivity index is 1.47. The number of carbonyl (C=O) groups is 2. The van der Waals surface area contributed by atoms with Gasteiger partial charge in [0.05, 0.1) is 5.69 Å². The van der Waals surface area contributed by atoms with E-state index in [0.717, 1.165) is 30.7 Å². The van der Waals surface area contributed by atoms with Crippen molar-refractivity contribution >= 4 is 17.6 Å². The second-order valence-corrected chi connectivity index (χ2v) is 6.17. The number of nitrogens with zero attached hydrogens (tertiary/aromatic N) is 3. The van der Waals surface area contributed by atoms with Gasteiger partial charge in [0.1, 0.15) is 5.65 Å². The maximum Gasteiger partial charge on any atom is 0.317 e. The van der Waals surface area contributed by atoms with Gasteiger partial charge < -0.3 is 19.9 Å². The van der Waals surface area contributed by atoms with Gasteiger partial charge in [-0.2, -0.15) is 0 Å². The maximum atomic E-state index is 12.3.